The number of benzene rings is 2. The molecule has 0 aliphatic carbocycles. The Kier molecular flexibility index (Phi) is 7.20. The standard InChI is InChI=1S/C22H20FIN2O4/c23-19-10-15(11-22(29)30)9-16-7-8-26(13-18(16)19)21(28)12-25-20(27)6-3-14-1-4-17(24)5-2-14/h1-6,9-10H,7-8,11-13H2,(H,25,27)(H,29,30)/b6-3+. The van der Waals surface area contributed by atoms with Crippen LogP contribution in [0.5, 0.6) is 0 Å². The van der Waals surface area contributed by atoms with E-state index < -0.39 is 11.8 Å². The van der Waals surface area contributed by atoms with Gasteiger partial charge in [-0.2, -0.15) is 0 Å². The predicted molar refractivity (Wildman–Crippen MR) is 118 cm³/mol. The minimum atomic E-state index is -1.02. The van der Waals surface area contributed by atoms with Gasteiger partial charge in [-0.05, 0) is 70.0 Å². The van der Waals surface area contributed by atoms with Crippen LogP contribution in [-0.4, -0.2) is 40.9 Å². The molecule has 8 heteroatoms. The second-order valence-corrected chi connectivity index (χ2v) is 8.20. The molecule has 0 fully saturated rings. The van der Waals surface area contributed by atoms with Crippen LogP contribution in [0.4, 0.5) is 4.39 Å². The number of fused-ring (bicyclic) bond motifs is 1. The summed E-state index contributed by atoms with van der Waals surface area (Å²) in [5.41, 5.74) is 2.40. The highest BCUT2D eigenvalue weighted by atomic mass is 127. The maximum absolute atomic E-state index is 14.4. The summed E-state index contributed by atoms with van der Waals surface area (Å²) in [6.45, 7) is 0.307. The summed E-state index contributed by atoms with van der Waals surface area (Å²) in [5, 5.41) is 11.4. The summed E-state index contributed by atoms with van der Waals surface area (Å²) in [4.78, 5) is 36.7. The largest absolute Gasteiger partial charge is 0.481 e. The molecule has 0 bridgehead atoms. The van der Waals surface area contributed by atoms with Crippen molar-refractivity contribution < 1.29 is 23.9 Å². The quantitative estimate of drug-likeness (QED) is 0.452. The van der Waals surface area contributed by atoms with Crippen LogP contribution in [0, 0.1) is 9.39 Å². The number of halogens is 2. The zero-order valence-corrected chi connectivity index (χ0v) is 18.2. The molecule has 0 radical (unpaired) electrons. The van der Waals surface area contributed by atoms with Crippen LogP contribution in [0.25, 0.3) is 6.08 Å². The number of hydrogen-bond donors (Lipinski definition) is 2. The molecular formula is C22H20FIN2O4. The van der Waals surface area contributed by atoms with Crippen molar-refractivity contribution in [2.75, 3.05) is 13.1 Å². The summed E-state index contributed by atoms with van der Waals surface area (Å²) in [7, 11) is 0. The molecule has 1 aliphatic heterocycles. The number of nitrogens with one attached hydrogen (secondary N) is 1. The third-order valence-electron chi connectivity index (χ3n) is 4.77. The molecule has 3 rings (SSSR count). The first-order valence-electron chi connectivity index (χ1n) is 9.33. The van der Waals surface area contributed by atoms with Crippen molar-refractivity contribution in [3.63, 3.8) is 0 Å². The van der Waals surface area contributed by atoms with Crippen LogP contribution in [0.3, 0.4) is 0 Å². The molecule has 0 saturated carbocycles. The van der Waals surface area contributed by atoms with Crippen LogP contribution in [0.2, 0.25) is 0 Å². The monoisotopic (exact) mass is 522 g/mol. The Morgan fingerprint density at radius 2 is 1.93 bits per heavy atom. The van der Waals surface area contributed by atoms with Gasteiger partial charge in [-0.1, -0.05) is 18.2 Å². The maximum Gasteiger partial charge on any atom is 0.307 e. The van der Waals surface area contributed by atoms with Gasteiger partial charge in [0.15, 0.2) is 0 Å². The van der Waals surface area contributed by atoms with Crippen LogP contribution >= 0.6 is 22.6 Å². The zero-order valence-electron chi connectivity index (χ0n) is 16.0. The molecule has 2 aromatic rings. The number of nitrogens with zero attached hydrogens (tertiary/aromatic N) is 1. The van der Waals surface area contributed by atoms with Gasteiger partial charge in [-0.25, -0.2) is 4.39 Å². The number of amides is 2. The zero-order chi connectivity index (χ0) is 21.7. The van der Waals surface area contributed by atoms with Crippen LogP contribution in [0.15, 0.2) is 42.5 Å². The van der Waals surface area contributed by atoms with E-state index >= 15 is 0 Å². The van der Waals surface area contributed by atoms with E-state index in [1.165, 1.54) is 17.0 Å². The Bertz CT molecular complexity index is 1000. The second-order valence-electron chi connectivity index (χ2n) is 6.95. The van der Waals surface area contributed by atoms with Crippen molar-refractivity contribution in [1.82, 2.24) is 10.2 Å². The molecule has 0 saturated heterocycles. The fraction of sp³-hybridized carbons (Fsp3) is 0.227. The van der Waals surface area contributed by atoms with Crippen molar-refractivity contribution in [1.29, 1.82) is 0 Å². The number of carbonyl (C=O) groups excluding carboxylic acids is 2. The van der Waals surface area contributed by atoms with Gasteiger partial charge in [-0.3, -0.25) is 14.4 Å². The van der Waals surface area contributed by atoms with Crippen molar-refractivity contribution in [2.45, 2.75) is 19.4 Å². The van der Waals surface area contributed by atoms with Crippen molar-refractivity contribution >= 4 is 46.5 Å². The molecule has 2 amide bonds. The first-order valence-corrected chi connectivity index (χ1v) is 10.4. The summed E-state index contributed by atoms with van der Waals surface area (Å²) < 4.78 is 15.5. The molecular weight excluding hydrogens is 502 g/mol. The van der Waals surface area contributed by atoms with E-state index in [-0.39, 0.29) is 31.3 Å². The van der Waals surface area contributed by atoms with Crippen LogP contribution in [0.1, 0.15) is 22.3 Å². The van der Waals surface area contributed by atoms with Gasteiger partial charge in [0.1, 0.15) is 5.82 Å². The average molecular weight is 522 g/mol. The van der Waals surface area contributed by atoms with E-state index in [2.05, 4.69) is 27.9 Å². The van der Waals surface area contributed by atoms with Gasteiger partial charge in [-0.15, -0.1) is 0 Å². The molecule has 1 aliphatic rings. The van der Waals surface area contributed by atoms with Gasteiger partial charge in [0, 0.05) is 28.3 Å². The number of hydrogen-bond acceptors (Lipinski definition) is 3. The molecule has 2 N–H and O–H groups in total. The number of carboxylic acids is 1. The highest BCUT2D eigenvalue weighted by molar-refractivity contribution is 14.1. The van der Waals surface area contributed by atoms with Crippen molar-refractivity contribution in [2.24, 2.45) is 0 Å². The van der Waals surface area contributed by atoms with Gasteiger partial charge in [0.25, 0.3) is 0 Å². The van der Waals surface area contributed by atoms with Crippen LogP contribution < -0.4 is 5.32 Å². The highest BCUT2D eigenvalue weighted by Crippen LogP contribution is 2.24. The second kappa shape index (κ2) is 9.84. The minimum Gasteiger partial charge on any atom is -0.481 e. The minimum absolute atomic E-state index is 0.0989. The predicted octanol–water partition coefficient (Wildman–Crippen LogP) is 2.77. The number of aliphatic carboxylic acids is 1. The first kappa shape index (κ1) is 21.9. The number of carboxylic acid groups (broad SMARTS) is 1. The van der Waals surface area contributed by atoms with Gasteiger partial charge in [0.2, 0.25) is 11.8 Å². The van der Waals surface area contributed by atoms with Gasteiger partial charge in [0.05, 0.1) is 13.0 Å². The maximum atomic E-state index is 14.4. The Morgan fingerprint density at radius 1 is 1.20 bits per heavy atom. The highest BCUT2D eigenvalue weighted by Gasteiger charge is 2.24. The molecule has 1 heterocycles. The number of carbonyl (C=O) groups is 3. The third-order valence-corrected chi connectivity index (χ3v) is 5.49. The summed E-state index contributed by atoms with van der Waals surface area (Å²) in [6.07, 6.45) is 3.22. The normalized spacial score (nSPS) is 13.2. The van der Waals surface area contributed by atoms with E-state index in [0.29, 0.717) is 24.1 Å². The average Bonchev–Trinajstić information content (AvgIpc) is 2.71. The van der Waals surface area contributed by atoms with Gasteiger partial charge < -0.3 is 15.3 Å². The van der Waals surface area contributed by atoms with E-state index in [0.717, 1.165) is 14.7 Å². The third kappa shape index (κ3) is 5.88. The fourth-order valence-electron chi connectivity index (χ4n) is 3.25. The summed E-state index contributed by atoms with van der Waals surface area (Å²) in [6, 6.07) is 10.5. The van der Waals surface area contributed by atoms with E-state index in [1.807, 2.05) is 24.3 Å². The number of rotatable bonds is 6. The van der Waals surface area contributed by atoms with E-state index in [4.69, 9.17) is 5.11 Å². The fourth-order valence-corrected chi connectivity index (χ4v) is 3.61. The topological polar surface area (TPSA) is 86.7 Å². The molecule has 0 aromatic heterocycles. The Morgan fingerprint density at radius 3 is 2.63 bits per heavy atom. The SMILES string of the molecule is O=C(O)Cc1cc(F)c2c(c1)CCN(C(=O)CNC(=O)/C=C/c1ccc(I)cc1)C2. The molecule has 156 valence electrons. The lowest BCUT2D eigenvalue weighted by Crippen LogP contribution is -2.42. The molecule has 30 heavy (non-hydrogen) atoms. The smallest absolute Gasteiger partial charge is 0.307 e. The van der Waals surface area contributed by atoms with E-state index in [9.17, 15) is 18.8 Å². The molecule has 0 spiro atoms. The summed E-state index contributed by atoms with van der Waals surface area (Å²) >= 11 is 2.20. The lowest BCUT2D eigenvalue weighted by molar-refractivity contribution is -0.136. The molecule has 0 unspecified atom stereocenters. The first-order chi connectivity index (χ1) is 14.3. The Balaban J connectivity index is 1.55. The van der Waals surface area contributed by atoms with Crippen molar-refractivity contribution in [3.05, 3.63) is 74.1 Å². The molecule has 6 nitrogen and oxygen atoms in total. The summed E-state index contributed by atoms with van der Waals surface area (Å²) in [5.74, 6) is -2.21. The Labute approximate surface area is 186 Å². The van der Waals surface area contributed by atoms with Gasteiger partial charge >= 0.3 is 5.97 Å². The lowest BCUT2D eigenvalue weighted by atomic mass is 9.95. The van der Waals surface area contributed by atoms with Crippen molar-refractivity contribution in [3.8, 4) is 0 Å². The molecule has 2 aromatic carbocycles. The molecule has 0 atom stereocenters. The lowest BCUT2D eigenvalue weighted by Gasteiger charge is -2.29. The van der Waals surface area contributed by atoms with Crippen LogP contribution in [-0.2, 0) is 33.8 Å². The Hall–Kier alpha value is -2.75. The van der Waals surface area contributed by atoms with E-state index in [1.54, 1.807) is 12.1 Å².